The lowest BCUT2D eigenvalue weighted by Gasteiger charge is -2.59. The largest absolute Gasteiger partial charge is 0.396 e. The fourth-order valence-electron chi connectivity index (χ4n) is 4.52. The molecule has 0 heterocycles. The van der Waals surface area contributed by atoms with Crippen molar-refractivity contribution >= 4 is 11.6 Å². The summed E-state index contributed by atoms with van der Waals surface area (Å²) in [5.41, 5.74) is 0.228. The van der Waals surface area contributed by atoms with Crippen LogP contribution in [0.15, 0.2) is 0 Å². The maximum Gasteiger partial charge on any atom is 0.0488 e. The van der Waals surface area contributed by atoms with Gasteiger partial charge in [-0.2, -0.15) is 0 Å². The highest BCUT2D eigenvalue weighted by atomic mass is 35.5. The molecule has 4 saturated carbocycles. The smallest absolute Gasteiger partial charge is 0.0488 e. The lowest BCUT2D eigenvalue weighted by atomic mass is 9.49. The van der Waals surface area contributed by atoms with Gasteiger partial charge in [0.15, 0.2) is 0 Å². The number of hydrogen-bond acceptors (Lipinski definition) is 1. The number of aliphatic hydroxyl groups excluding tert-OH is 1. The Morgan fingerprint density at radius 3 is 2.23 bits per heavy atom. The molecule has 0 spiro atoms. The van der Waals surface area contributed by atoms with Crippen molar-refractivity contribution in [3.8, 4) is 0 Å². The molecule has 0 aromatic carbocycles. The van der Waals surface area contributed by atoms with Gasteiger partial charge < -0.3 is 5.11 Å². The van der Waals surface area contributed by atoms with Crippen LogP contribution in [0.4, 0.5) is 0 Å². The molecule has 0 aromatic rings. The zero-order valence-electron chi connectivity index (χ0n) is 7.93. The average Bonchev–Trinajstić information content (AvgIpc) is 1.99. The van der Waals surface area contributed by atoms with Crippen LogP contribution in [0.2, 0.25) is 0 Å². The molecule has 0 amide bonds. The highest BCUT2D eigenvalue weighted by Crippen LogP contribution is 2.63. The van der Waals surface area contributed by atoms with E-state index >= 15 is 0 Å². The number of halogens is 1. The van der Waals surface area contributed by atoms with Gasteiger partial charge in [-0.15, -0.1) is 11.6 Å². The molecule has 1 N–H and O–H groups in total. The summed E-state index contributed by atoms with van der Waals surface area (Å²) in [6, 6.07) is 0. The van der Waals surface area contributed by atoms with Gasteiger partial charge in [-0.05, 0) is 55.8 Å². The first-order chi connectivity index (χ1) is 6.13. The van der Waals surface area contributed by atoms with Gasteiger partial charge in [0.05, 0.1) is 0 Å². The summed E-state index contributed by atoms with van der Waals surface area (Å²) < 4.78 is 0. The molecule has 4 rings (SSSR count). The molecule has 4 bridgehead atoms. The Bertz CT molecular complexity index is 224. The Morgan fingerprint density at radius 1 is 1.15 bits per heavy atom. The average molecular weight is 201 g/mol. The number of rotatable bonds is 1. The monoisotopic (exact) mass is 200 g/mol. The third-order valence-electron chi connectivity index (χ3n) is 4.45. The molecule has 74 valence electrons. The van der Waals surface area contributed by atoms with Crippen molar-refractivity contribution in [1.29, 1.82) is 0 Å². The van der Waals surface area contributed by atoms with Crippen molar-refractivity contribution in [2.45, 2.75) is 43.4 Å². The summed E-state index contributed by atoms with van der Waals surface area (Å²) in [4.78, 5) is 0.0762. The zero-order valence-corrected chi connectivity index (χ0v) is 8.69. The van der Waals surface area contributed by atoms with Crippen molar-refractivity contribution in [3.05, 3.63) is 0 Å². The molecule has 0 radical (unpaired) electrons. The molecule has 4 fully saturated rings. The Hall–Kier alpha value is 0.250. The van der Waals surface area contributed by atoms with Crippen LogP contribution in [0, 0.1) is 17.3 Å². The SMILES string of the molecule is OCC12C[C@H]3C[C@@H](CC(Cl)(C3)C1)C2. The summed E-state index contributed by atoms with van der Waals surface area (Å²) in [5.74, 6) is 1.65. The predicted octanol–water partition coefficient (Wildman–Crippen LogP) is 2.56. The van der Waals surface area contributed by atoms with Crippen LogP contribution in [0.5, 0.6) is 0 Å². The molecule has 2 atom stereocenters. The molecule has 4 aliphatic carbocycles. The van der Waals surface area contributed by atoms with E-state index in [9.17, 15) is 5.11 Å². The van der Waals surface area contributed by atoms with Crippen LogP contribution in [-0.2, 0) is 0 Å². The molecular weight excluding hydrogens is 184 g/mol. The second kappa shape index (κ2) is 2.43. The fraction of sp³-hybridized carbons (Fsp3) is 1.00. The molecular formula is C11H17ClO. The highest BCUT2D eigenvalue weighted by Gasteiger charge is 2.56. The Labute approximate surface area is 84.5 Å². The lowest BCUT2D eigenvalue weighted by molar-refractivity contribution is -0.0693. The van der Waals surface area contributed by atoms with Crippen LogP contribution in [-0.4, -0.2) is 16.6 Å². The van der Waals surface area contributed by atoms with E-state index in [0.717, 1.165) is 18.3 Å². The van der Waals surface area contributed by atoms with Crippen molar-refractivity contribution in [3.63, 3.8) is 0 Å². The first-order valence-electron chi connectivity index (χ1n) is 5.43. The van der Waals surface area contributed by atoms with Gasteiger partial charge in [0.2, 0.25) is 0 Å². The van der Waals surface area contributed by atoms with E-state index in [1.165, 1.54) is 32.1 Å². The van der Waals surface area contributed by atoms with Gasteiger partial charge in [0, 0.05) is 11.5 Å². The van der Waals surface area contributed by atoms with Crippen molar-refractivity contribution in [2.75, 3.05) is 6.61 Å². The molecule has 0 aliphatic heterocycles. The van der Waals surface area contributed by atoms with Crippen LogP contribution in [0.3, 0.4) is 0 Å². The molecule has 2 heteroatoms. The van der Waals surface area contributed by atoms with Crippen LogP contribution in [0.1, 0.15) is 38.5 Å². The molecule has 0 aromatic heterocycles. The number of hydrogen-bond donors (Lipinski definition) is 1. The van der Waals surface area contributed by atoms with E-state index in [1.807, 2.05) is 0 Å². The quantitative estimate of drug-likeness (QED) is 0.646. The van der Waals surface area contributed by atoms with E-state index < -0.39 is 0 Å². The molecule has 4 aliphatic rings. The third kappa shape index (κ3) is 1.16. The first kappa shape index (κ1) is 8.55. The minimum Gasteiger partial charge on any atom is -0.396 e. The van der Waals surface area contributed by atoms with E-state index in [0.29, 0.717) is 6.61 Å². The van der Waals surface area contributed by atoms with Crippen molar-refractivity contribution < 1.29 is 5.11 Å². The van der Waals surface area contributed by atoms with Gasteiger partial charge in [-0.1, -0.05) is 0 Å². The highest BCUT2D eigenvalue weighted by molar-refractivity contribution is 6.24. The Morgan fingerprint density at radius 2 is 1.77 bits per heavy atom. The fourth-order valence-corrected chi connectivity index (χ4v) is 5.24. The summed E-state index contributed by atoms with van der Waals surface area (Å²) >= 11 is 6.59. The maximum atomic E-state index is 9.49. The van der Waals surface area contributed by atoms with Gasteiger partial charge in [0.25, 0.3) is 0 Å². The minimum atomic E-state index is 0.0762. The van der Waals surface area contributed by atoms with E-state index in [-0.39, 0.29) is 10.3 Å². The standard InChI is InChI=1S/C11H17ClO/c12-11-4-8-1-9(5-11)3-10(2-8,6-11)7-13/h8-9,13H,1-7H2/t8-,9-,10?,11?/m1/s1. The Kier molecular flexibility index (Phi) is 1.60. The molecule has 0 unspecified atom stereocenters. The number of alkyl halides is 1. The van der Waals surface area contributed by atoms with E-state index in [2.05, 4.69) is 0 Å². The summed E-state index contributed by atoms with van der Waals surface area (Å²) in [7, 11) is 0. The van der Waals surface area contributed by atoms with E-state index in [4.69, 9.17) is 11.6 Å². The maximum absolute atomic E-state index is 9.49. The Balaban J connectivity index is 1.95. The van der Waals surface area contributed by atoms with Crippen LogP contribution < -0.4 is 0 Å². The van der Waals surface area contributed by atoms with Gasteiger partial charge >= 0.3 is 0 Å². The van der Waals surface area contributed by atoms with Crippen molar-refractivity contribution in [1.82, 2.24) is 0 Å². The van der Waals surface area contributed by atoms with Gasteiger partial charge in [-0.25, -0.2) is 0 Å². The normalized spacial score (nSPS) is 58.6. The summed E-state index contributed by atoms with van der Waals surface area (Å²) in [5, 5.41) is 9.49. The van der Waals surface area contributed by atoms with Crippen molar-refractivity contribution in [2.24, 2.45) is 17.3 Å². The second-order valence-electron chi connectivity index (χ2n) is 5.77. The van der Waals surface area contributed by atoms with Crippen LogP contribution >= 0.6 is 11.6 Å². The number of aliphatic hydroxyl groups is 1. The zero-order chi connectivity index (χ0) is 9.10. The predicted molar refractivity (Wildman–Crippen MR) is 52.8 cm³/mol. The van der Waals surface area contributed by atoms with Gasteiger partial charge in [-0.3, -0.25) is 0 Å². The summed E-state index contributed by atoms with van der Waals surface area (Å²) in [6.45, 7) is 0.370. The lowest BCUT2D eigenvalue weighted by Crippen LogP contribution is -2.54. The van der Waals surface area contributed by atoms with E-state index in [1.54, 1.807) is 0 Å². The van der Waals surface area contributed by atoms with Crippen LogP contribution in [0.25, 0.3) is 0 Å². The molecule has 13 heavy (non-hydrogen) atoms. The second-order valence-corrected chi connectivity index (χ2v) is 6.57. The van der Waals surface area contributed by atoms with Gasteiger partial charge in [0.1, 0.15) is 0 Å². The first-order valence-corrected chi connectivity index (χ1v) is 5.81. The third-order valence-corrected chi connectivity index (χ3v) is 4.89. The summed E-state index contributed by atoms with van der Waals surface area (Å²) in [6.07, 6.45) is 7.38. The molecule has 0 saturated heterocycles. The topological polar surface area (TPSA) is 20.2 Å². The molecule has 1 nitrogen and oxygen atoms in total. The minimum absolute atomic E-state index is 0.0762.